The third-order valence-electron chi connectivity index (χ3n) is 5.03. The van der Waals surface area contributed by atoms with Crippen molar-refractivity contribution < 1.29 is 19.1 Å². The third-order valence-corrected chi connectivity index (χ3v) is 6.25. The van der Waals surface area contributed by atoms with Crippen LogP contribution in [0.1, 0.15) is 72.0 Å². The molecule has 0 radical (unpaired) electrons. The van der Waals surface area contributed by atoms with E-state index in [1.54, 1.807) is 0 Å². The molecule has 2 aliphatic rings. The monoisotopic (exact) mass is 378 g/mol. The number of imide groups is 1. The van der Waals surface area contributed by atoms with E-state index in [1.165, 1.54) is 35.1 Å². The molecule has 1 aromatic heterocycles. The number of aryl methyl sites for hydroxylation is 2. The summed E-state index contributed by atoms with van der Waals surface area (Å²) in [6.45, 7) is 1.48. The van der Waals surface area contributed by atoms with Gasteiger partial charge in [0.2, 0.25) is 0 Å². The Balaban J connectivity index is 1.50. The van der Waals surface area contributed by atoms with Crippen LogP contribution >= 0.6 is 11.3 Å². The summed E-state index contributed by atoms with van der Waals surface area (Å²) in [6, 6.07) is 1.50. The standard InChI is InChI=1S/C19H26N2O4S/c1-12(17(22)21-19(24)20-14-8-5-6-9-14)25-18(23)16-11-13-7-3-2-4-10-15(13)26-16/h11-12,14H,2-10H2,1H3,(H2,20,21,22,24)/t12-/m0/s1. The van der Waals surface area contributed by atoms with E-state index in [0.717, 1.165) is 51.4 Å². The molecule has 3 amide bonds. The van der Waals surface area contributed by atoms with E-state index in [0.29, 0.717) is 4.88 Å². The zero-order valence-corrected chi connectivity index (χ0v) is 16.0. The van der Waals surface area contributed by atoms with Crippen LogP contribution in [0.3, 0.4) is 0 Å². The van der Waals surface area contributed by atoms with Crippen LogP contribution in [-0.4, -0.2) is 30.1 Å². The van der Waals surface area contributed by atoms with Crippen molar-refractivity contribution in [1.29, 1.82) is 0 Å². The summed E-state index contributed by atoms with van der Waals surface area (Å²) in [5, 5.41) is 5.04. The van der Waals surface area contributed by atoms with Crippen molar-refractivity contribution >= 4 is 29.2 Å². The van der Waals surface area contributed by atoms with E-state index in [4.69, 9.17) is 4.74 Å². The number of thiophene rings is 1. The number of carbonyl (C=O) groups excluding carboxylic acids is 3. The average molecular weight is 378 g/mol. The van der Waals surface area contributed by atoms with Gasteiger partial charge in [-0.1, -0.05) is 19.3 Å². The number of hydrogen-bond acceptors (Lipinski definition) is 5. The second kappa shape index (κ2) is 8.66. The molecule has 0 bridgehead atoms. The molecule has 7 heteroatoms. The second-order valence-corrected chi connectivity index (χ2v) is 8.25. The normalized spacial score (nSPS) is 18.5. The first-order valence-corrected chi connectivity index (χ1v) is 10.3. The van der Waals surface area contributed by atoms with E-state index >= 15 is 0 Å². The highest BCUT2D eigenvalue weighted by Gasteiger charge is 2.24. The van der Waals surface area contributed by atoms with Crippen molar-refractivity contribution in [2.75, 3.05) is 0 Å². The highest BCUT2D eigenvalue weighted by atomic mass is 32.1. The van der Waals surface area contributed by atoms with E-state index in [1.807, 2.05) is 6.07 Å². The predicted octanol–water partition coefficient (Wildman–Crippen LogP) is 3.33. The van der Waals surface area contributed by atoms with Crippen LogP contribution in [0, 0.1) is 0 Å². The van der Waals surface area contributed by atoms with Crippen LogP contribution in [0.25, 0.3) is 0 Å². The van der Waals surface area contributed by atoms with Gasteiger partial charge in [-0.05, 0) is 57.1 Å². The first-order chi connectivity index (χ1) is 12.5. The van der Waals surface area contributed by atoms with Gasteiger partial charge in [-0.3, -0.25) is 10.1 Å². The molecule has 0 unspecified atom stereocenters. The fourth-order valence-corrected chi connectivity index (χ4v) is 4.68. The van der Waals surface area contributed by atoms with Crippen molar-refractivity contribution in [2.24, 2.45) is 0 Å². The number of amides is 3. The number of hydrogen-bond donors (Lipinski definition) is 2. The predicted molar refractivity (Wildman–Crippen MR) is 99.4 cm³/mol. The van der Waals surface area contributed by atoms with Crippen molar-refractivity contribution in [3.63, 3.8) is 0 Å². The van der Waals surface area contributed by atoms with E-state index in [-0.39, 0.29) is 6.04 Å². The Bertz CT molecular complexity index is 656. The van der Waals surface area contributed by atoms with Crippen LogP contribution in [0.5, 0.6) is 0 Å². The first kappa shape index (κ1) is 18.9. The highest BCUT2D eigenvalue weighted by Crippen LogP contribution is 2.29. The molecule has 26 heavy (non-hydrogen) atoms. The molecule has 2 N–H and O–H groups in total. The van der Waals surface area contributed by atoms with Gasteiger partial charge in [-0.2, -0.15) is 0 Å². The maximum atomic E-state index is 12.3. The van der Waals surface area contributed by atoms with Gasteiger partial charge in [0.1, 0.15) is 4.88 Å². The summed E-state index contributed by atoms with van der Waals surface area (Å²) in [5.41, 5.74) is 1.23. The Labute approximate surface area is 157 Å². The van der Waals surface area contributed by atoms with Crippen LogP contribution < -0.4 is 10.6 Å². The summed E-state index contributed by atoms with van der Waals surface area (Å²) in [6.07, 6.45) is 8.57. The maximum Gasteiger partial charge on any atom is 0.349 e. The van der Waals surface area contributed by atoms with Gasteiger partial charge in [0.25, 0.3) is 5.91 Å². The van der Waals surface area contributed by atoms with E-state index < -0.39 is 24.0 Å². The molecule has 1 aromatic rings. The molecule has 3 rings (SSSR count). The zero-order valence-electron chi connectivity index (χ0n) is 15.1. The van der Waals surface area contributed by atoms with E-state index in [9.17, 15) is 14.4 Å². The van der Waals surface area contributed by atoms with Crippen molar-refractivity contribution in [1.82, 2.24) is 10.6 Å². The van der Waals surface area contributed by atoms with Gasteiger partial charge >= 0.3 is 12.0 Å². The Morgan fingerprint density at radius 2 is 1.85 bits per heavy atom. The molecular weight excluding hydrogens is 352 g/mol. The second-order valence-electron chi connectivity index (χ2n) is 7.11. The number of esters is 1. The minimum absolute atomic E-state index is 0.127. The summed E-state index contributed by atoms with van der Waals surface area (Å²) >= 11 is 1.46. The Hall–Kier alpha value is -1.89. The molecule has 0 spiro atoms. The SMILES string of the molecule is C[C@H](OC(=O)c1cc2c(s1)CCCCC2)C(=O)NC(=O)NC1CCCC1. The number of fused-ring (bicyclic) bond motifs is 1. The molecule has 1 atom stereocenters. The largest absolute Gasteiger partial charge is 0.448 e. The van der Waals surface area contributed by atoms with Crippen molar-refractivity contribution in [3.05, 3.63) is 21.4 Å². The summed E-state index contributed by atoms with van der Waals surface area (Å²) < 4.78 is 5.26. The molecule has 0 saturated heterocycles. The zero-order chi connectivity index (χ0) is 18.5. The lowest BCUT2D eigenvalue weighted by Crippen LogP contribution is -2.47. The fraction of sp³-hybridized carbons (Fsp3) is 0.632. The van der Waals surface area contributed by atoms with Gasteiger partial charge in [-0.15, -0.1) is 11.3 Å². The molecule has 142 valence electrons. The molecular formula is C19H26N2O4S. The number of urea groups is 1. The van der Waals surface area contributed by atoms with Crippen LogP contribution in [0.2, 0.25) is 0 Å². The van der Waals surface area contributed by atoms with Crippen LogP contribution in [0.4, 0.5) is 4.79 Å². The fourth-order valence-electron chi connectivity index (χ4n) is 3.55. The number of ether oxygens (including phenoxy) is 1. The van der Waals surface area contributed by atoms with Gasteiger partial charge < -0.3 is 10.1 Å². The van der Waals surface area contributed by atoms with Crippen molar-refractivity contribution in [3.8, 4) is 0 Å². The molecule has 0 aromatic carbocycles. The molecule has 1 heterocycles. The lowest BCUT2D eigenvalue weighted by molar-refractivity contribution is -0.127. The molecule has 1 saturated carbocycles. The minimum Gasteiger partial charge on any atom is -0.448 e. The summed E-state index contributed by atoms with van der Waals surface area (Å²) in [4.78, 5) is 38.1. The van der Waals surface area contributed by atoms with Gasteiger partial charge in [0.05, 0.1) is 0 Å². The topological polar surface area (TPSA) is 84.5 Å². The van der Waals surface area contributed by atoms with Gasteiger partial charge in [-0.25, -0.2) is 9.59 Å². The van der Waals surface area contributed by atoms with Gasteiger partial charge in [0.15, 0.2) is 6.10 Å². The lowest BCUT2D eigenvalue weighted by atomic mass is 10.1. The van der Waals surface area contributed by atoms with Crippen LogP contribution in [-0.2, 0) is 22.4 Å². The number of rotatable bonds is 4. The molecule has 6 nitrogen and oxygen atoms in total. The van der Waals surface area contributed by atoms with E-state index in [2.05, 4.69) is 10.6 Å². The molecule has 1 fully saturated rings. The number of nitrogens with one attached hydrogen (secondary N) is 2. The molecule has 2 aliphatic carbocycles. The van der Waals surface area contributed by atoms with Crippen molar-refractivity contribution in [2.45, 2.75) is 76.9 Å². The smallest absolute Gasteiger partial charge is 0.349 e. The Kier molecular flexibility index (Phi) is 6.29. The molecule has 0 aliphatic heterocycles. The average Bonchev–Trinajstić information content (AvgIpc) is 3.20. The van der Waals surface area contributed by atoms with Crippen LogP contribution in [0.15, 0.2) is 6.07 Å². The first-order valence-electron chi connectivity index (χ1n) is 9.47. The Morgan fingerprint density at radius 3 is 2.62 bits per heavy atom. The lowest BCUT2D eigenvalue weighted by Gasteiger charge is -2.15. The quantitative estimate of drug-likeness (QED) is 0.622. The minimum atomic E-state index is -1.02. The summed E-state index contributed by atoms with van der Waals surface area (Å²) in [5.74, 6) is -1.10. The third kappa shape index (κ3) is 4.84. The maximum absolute atomic E-state index is 12.3. The Morgan fingerprint density at radius 1 is 1.12 bits per heavy atom. The summed E-state index contributed by atoms with van der Waals surface area (Å²) in [7, 11) is 0. The van der Waals surface area contributed by atoms with Gasteiger partial charge in [0, 0.05) is 10.9 Å². The highest BCUT2D eigenvalue weighted by molar-refractivity contribution is 7.14. The number of carbonyl (C=O) groups is 3.